The highest BCUT2D eigenvalue weighted by Crippen LogP contribution is 2.33. The summed E-state index contributed by atoms with van der Waals surface area (Å²) in [5.74, 6) is -0.165. The van der Waals surface area contributed by atoms with Crippen molar-refractivity contribution in [3.8, 4) is 11.5 Å². The number of benzene rings is 2. The van der Waals surface area contributed by atoms with Crippen molar-refractivity contribution in [2.75, 3.05) is 11.9 Å². The molecule has 3 rings (SSSR count). The number of phenols is 1. The fraction of sp³-hybridized carbons (Fsp3) is 0.190. The lowest BCUT2D eigenvalue weighted by molar-refractivity contribution is -0.137. The fourth-order valence-corrected chi connectivity index (χ4v) is 3.81. The van der Waals surface area contributed by atoms with E-state index in [1.807, 2.05) is 0 Å². The van der Waals surface area contributed by atoms with E-state index < -0.39 is 17.6 Å². The second-order valence-electron chi connectivity index (χ2n) is 6.59. The molecular formula is C21H18BrF3N4O3S. The lowest BCUT2D eigenvalue weighted by atomic mass is 10.2. The zero-order valence-corrected chi connectivity index (χ0v) is 19.5. The van der Waals surface area contributed by atoms with E-state index in [0.717, 1.165) is 23.5 Å². The standard InChI is InChI=1S/C21H18BrF3N4O3S/c1-2-32-18-6-12(16(22)9-17(18)30)10-26-29-19(31)8-15-11-33-20(28-15)27-14-5-3-4-13(7-14)21(23,24)25/h3-7,9-11,30H,2,8H2,1H3,(H,27,28)(H,29,31)/b26-10-. The topological polar surface area (TPSA) is 95.8 Å². The van der Waals surface area contributed by atoms with Crippen LogP contribution in [0.25, 0.3) is 0 Å². The number of alkyl halides is 3. The van der Waals surface area contributed by atoms with E-state index in [-0.39, 0.29) is 23.6 Å². The Morgan fingerprint density at radius 3 is 2.85 bits per heavy atom. The van der Waals surface area contributed by atoms with Crippen LogP contribution < -0.4 is 15.5 Å². The van der Waals surface area contributed by atoms with Gasteiger partial charge in [0.2, 0.25) is 5.91 Å². The van der Waals surface area contributed by atoms with Gasteiger partial charge in [0.05, 0.1) is 30.5 Å². The molecule has 0 atom stereocenters. The van der Waals surface area contributed by atoms with Crippen LogP contribution in [0.5, 0.6) is 11.5 Å². The molecule has 7 nitrogen and oxygen atoms in total. The van der Waals surface area contributed by atoms with Crippen LogP contribution in [0.2, 0.25) is 0 Å². The van der Waals surface area contributed by atoms with Gasteiger partial charge in [-0.2, -0.15) is 18.3 Å². The number of nitrogens with one attached hydrogen (secondary N) is 2. The summed E-state index contributed by atoms with van der Waals surface area (Å²) in [5, 5.41) is 18.5. The predicted molar refractivity (Wildman–Crippen MR) is 123 cm³/mol. The van der Waals surface area contributed by atoms with Gasteiger partial charge in [0, 0.05) is 21.1 Å². The molecule has 3 aromatic rings. The number of amides is 1. The zero-order valence-electron chi connectivity index (χ0n) is 17.1. The number of rotatable bonds is 8. The van der Waals surface area contributed by atoms with E-state index in [2.05, 4.69) is 36.8 Å². The first-order chi connectivity index (χ1) is 15.7. The summed E-state index contributed by atoms with van der Waals surface area (Å²) in [5.41, 5.74) is 2.87. The number of phenolic OH excluding ortho intramolecular Hbond substituents is 1. The Morgan fingerprint density at radius 2 is 2.12 bits per heavy atom. The Labute approximate surface area is 199 Å². The molecular weight excluding hydrogens is 525 g/mol. The van der Waals surface area contributed by atoms with Gasteiger partial charge >= 0.3 is 6.18 Å². The average molecular weight is 543 g/mol. The quantitative estimate of drug-likeness (QED) is 0.259. The highest BCUT2D eigenvalue weighted by atomic mass is 79.9. The van der Waals surface area contributed by atoms with Crippen molar-refractivity contribution in [2.24, 2.45) is 5.10 Å². The molecule has 0 aliphatic carbocycles. The van der Waals surface area contributed by atoms with Gasteiger partial charge in [-0.25, -0.2) is 10.4 Å². The second-order valence-corrected chi connectivity index (χ2v) is 8.30. The molecule has 33 heavy (non-hydrogen) atoms. The minimum atomic E-state index is -4.44. The van der Waals surface area contributed by atoms with Gasteiger partial charge in [-0.1, -0.05) is 6.07 Å². The van der Waals surface area contributed by atoms with Gasteiger partial charge in [-0.05, 0) is 53.2 Å². The van der Waals surface area contributed by atoms with Crippen molar-refractivity contribution in [3.05, 3.63) is 63.1 Å². The van der Waals surface area contributed by atoms with Crippen LogP contribution >= 0.6 is 27.3 Å². The molecule has 1 amide bonds. The first-order valence-corrected chi connectivity index (χ1v) is 11.2. The highest BCUT2D eigenvalue weighted by Gasteiger charge is 2.30. The summed E-state index contributed by atoms with van der Waals surface area (Å²) in [6.07, 6.45) is -3.12. The van der Waals surface area contributed by atoms with E-state index in [4.69, 9.17) is 4.74 Å². The number of hydrogen-bond donors (Lipinski definition) is 3. The molecule has 1 heterocycles. The summed E-state index contributed by atoms with van der Waals surface area (Å²) < 4.78 is 44.4. The van der Waals surface area contributed by atoms with Crippen molar-refractivity contribution in [3.63, 3.8) is 0 Å². The first-order valence-electron chi connectivity index (χ1n) is 9.51. The number of anilines is 2. The van der Waals surface area contributed by atoms with E-state index in [1.54, 1.807) is 18.4 Å². The van der Waals surface area contributed by atoms with Gasteiger partial charge < -0.3 is 15.2 Å². The van der Waals surface area contributed by atoms with Crippen LogP contribution in [0.4, 0.5) is 24.0 Å². The number of aromatic hydroxyl groups is 1. The van der Waals surface area contributed by atoms with Crippen molar-refractivity contribution < 1.29 is 27.8 Å². The summed E-state index contributed by atoms with van der Waals surface area (Å²) in [6, 6.07) is 7.80. The number of hydrogen-bond acceptors (Lipinski definition) is 7. The number of carbonyl (C=O) groups is 1. The maximum atomic E-state index is 12.8. The lowest BCUT2D eigenvalue weighted by Gasteiger charge is -2.08. The molecule has 0 fully saturated rings. The van der Waals surface area contributed by atoms with Gasteiger partial charge in [0.15, 0.2) is 16.6 Å². The summed E-state index contributed by atoms with van der Waals surface area (Å²) in [4.78, 5) is 16.4. The molecule has 2 aromatic carbocycles. The van der Waals surface area contributed by atoms with Crippen molar-refractivity contribution in [1.82, 2.24) is 10.4 Å². The maximum Gasteiger partial charge on any atom is 0.416 e. The van der Waals surface area contributed by atoms with Crippen LogP contribution in [0, 0.1) is 0 Å². The Hall–Kier alpha value is -3.12. The number of carbonyl (C=O) groups excluding carboxylic acids is 1. The van der Waals surface area contributed by atoms with Crippen molar-refractivity contribution >= 4 is 50.2 Å². The van der Waals surface area contributed by atoms with Gasteiger partial charge in [-0.3, -0.25) is 4.79 Å². The van der Waals surface area contributed by atoms with Crippen molar-refractivity contribution in [1.29, 1.82) is 0 Å². The number of aromatic nitrogens is 1. The van der Waals surface area contributed by atoms with Crippen LogP contribution in [0.3, 0.4) is 0 Å². The smallest absolute Gasteiger partial charge is 0.416 e. The van der Waals surface area contributed by atoms with Crippen molar-refractivity contribution in [2.45, 2.75) is 19.5 Å². The number of nitrogens with zero attached hydrogens (tertiary/aromatic N) is 2. The first kappa shape index (κ1) is 24.5. The van der Waals surface area contributed by atoms with Crippen LogP contribution in [0.1, 0.15) is 23.7 Å². The molecule has 0 aliphatic heterocycles. The van der Waals surface area contributed by atoms with Gasteiger partial charge in [-0.15, -0.1) is 11.3 Å². The molecule has 0 bridgehead atoms. The Balaban J connectivity index is 1.58. The number of hydrazone groups is 1. The summed E-state index contributed by atoms with van der Waals surface area (Å²) in [6.45, 7) is 2.16. The molecule has 0 aliphatic rings. The third-order valence-corrected chi connectivity index (χ3v) is 5.60. The van der Waals surface area contributed by atoms with E-state index in [1.165, 1.54) is 24.4 Å². The zero-order chi connectivity index (χ0) is 24.0. The molecule has 0 unspecified atom stereocenters. The molecule has 3 N–H and O–H groups in total. The SMILES string of the molecule is CCOc1cc(/C=N\NC(=O)Cc2csc(Nc3cccc(C(F)(F)F)c3)n2)c(Br)cc1O. The average Bonchev–Trinajstić information content (AvgIpc) is 3.17. The molecule has 0 saturated carbocycles. The van der Waals surface area contributed by atoms with Gasteiger partial charge in [0.1, 0.15) is 0 Å². The summed E-state index contributed by atoms with van der Waals surface area (Å²) in [7, 11) is 0. The number of thiazole rings is 1. The monoisotopic (exact) mass is 542 g/mol. The highest BCUT2D eigenvalue weighted by molar-refractivity contribution is 9.10. The largest absolute Gasteiger partial charge is 0.504 e. The van der Waals surface area contributed by atoms with E-state index in [9.17, 15) is 23.1 Å². The molecule has 0 spiro atoms. The lowest BCUT2D eigenvalue weighted by Crippen LogP contribution is -2.20. The Kier molecular flexibility index (Phi) is 7.92. The molecule has 12 heteroatoms. The van der Waals surface area contributed by atoms with Gasteiger partial charge in [0.25, 0.3) is 0 Å². The third-order valence-electron chi connectivity index (χ3n) is 4.11. The van der Waals surface area contributed by atoms with E-state index >= 15 is 0 Å². The minimum Gasteiger partial charge on any atom is -0.504 e. The second kappa shape index (κ2) is 10.7. The molecule has 0 saturated heterocycles. The molecule has 174 valence electrons. The van der Waals surface area contributed by atoms with E-state index in [0.29, 0.717) is 27.5 Å². The molecule has 0 radical (unpaired) electrons. The Bertz CT molecular complexity index is 1170. The fourth-order valence-electron chi connectivity index (χ4n) is 2.65. The molecule has 1 aromatic heterocycles. The van der Waals surface area contributed by atoms with Crippen LogP contribution in [0.15, 0.2) is 51.4 Å². The predicted octanol–water partition coefficient (Wildman–Crippen LogP) is 5.47. The maximum absolute atomic E-state index is 12.8. The normalized spacial score (nSPS) is 11.5. The summed E-state index contributed by atoms with van der Waals surface area (Å²) >= 11 is 4.47. The number of halogens is 4. The van der Waals surface area contributed by atoms with Crippen LogP contribution in [-0.4, -0.2) is 28.8 Å². The minimum absolute atomic E-state index is 0.0250. The third kappa shape index (κ3) is 6.93. The number of ether oxygens (including phenoxy) is 1. The Morgan fingerprint density at radius 1 is 1.33 bits per heavy atom. The van der Waals surface area contributed by atoms with Crippen LogP contribution in [-0.2, 0) is 17.4 Å².